The number of carboxylic acid groups (broad SMARTS) is 2. The minimum absolute atomic E-state index is 0. The first-order valence-electron chi connectivity index (χ1n) is 7.48. The van der Waals surface area contributed by atoms with Gasteiger partial charge in [-0.3, -0.25) is 0 Å². The molecule has 0 spiro atoms. The third kappa shape index (κ3) is 28.2. The van der Waals surface area contributed by atoms with Crippen molar-refractivity contribution < 1.29 is 39.3 Å². The maximum atomic E-state index is 10.1. The summed E-state index contributed by atoms with van der Waals surface area (Å²) in [5.74, 6) is -2.09. The van der Waals surface area contributed by atoms with Crippen LogP contribution in [0, 0.1) is 0 Å². The molecule has 0 aliphatic rings. The molecule has 0 saturated heterocycles. The Kier molecular flexibility index (Phi) is 23.2. The van der Waals surface area contributed by atoms with Crippen LogP contribution in [0.25, 0.3) is 0 Å². The van der Waals surface area contributed by atoms with Gasteiger partial charge in [0, 0.05) is 5.97 Å². The van der Waals surface area contributed by atoms with Crippen molar-refractivity contribution in [2.75, 3.05) is 0 Å². The smallest absolute Gasteiger partial charge is 0.550 e. The number of hydrogen-bond acceptors (Lipinski definition) is 4. The van der Waals surface area contributed by atoms with Gasteiger partial charge in [0.25, 0.3) is 0 Å². The van der Waals surface area contributed by atoms with Crippen molar-refractivity contribution in [1.82, 2.24) is 0 Å². The minimum atomic E-state index is -1.19. The van der Waals surface area contributed by atoms with Gasteiger partial charge >= 0.3 is 19.5 Å². The van der Waals surface area contributed by atoms with Crippen LogP contribution >= 0.6 is 0 Å². The fourth-order valence-corrected chi connectivity index (χ4v) is 1.58. The molecular weight excluding hydrogens is 322 g/mol. The van der Waals surface area contributed by atoms with Crippen LogP contribution < -0.4 is 10.2 Å². The monoisotopic (exact) mass is 348 g/mol. The fourth-order valence-electron chi connectivity index (χ4n) is 1.58. The maximum Gasteiger partial charge on any atom is 2.00 e. The first-order valence-corrected chi connectivity index (χ1v) is 7.48. The standard InChI is InChI=1S/C12H24O2.C4H6O2.Zn/c1-2-3-4-5-6-7-8-9-10-11-12(13)14;1-3(2)4(5)6;/h2-11H2,1H3,(H,13,14);1H2,2H3,(H,5,6);/q;;+2/p-2. The van der Waals surface area contributed by atoms with Gasteiger partial charge in [-0.2, -0.15) is 0 Å². The summed E-state index contributed by atoms with van der Waals surface area (Å²) in [6.07, 6.45) is 11.2. The second-order valence-corrected chi connectivity index (χ2v) is 5.02. The van der Waals surface area contributed by atoms with Crippen LogP contribution in [0.5, 0.6) is 0 Å². The number of rotatable bonds is 11. The normalized spacial score (nSPS) is 9.05. The van der Waals surface area contributed by atoms with E-state index in [0.717, 1.165) is 12.8 Å². The van der Waals surface area contributed by atoms with Crippen molar-refractivity contribution >= 4 is 11.9 Å². The van der Waals surface area contributed by atoms with E-state index in [0.29, 0.717) is 0 Å². The molecule has 118 valence electrons. The van der Waals surface area contributed by atoms with Gasteiger partial charge in [0.05, 0.1) is 5.97 Å². The molecule has 0 aromatic carbocycles. The molecule has 0 atom stereocenters. The summed E-state index contributed by atoms with van der Waals surface area (Å²) < 4.78 is 0. The topological polar surface area (TPSA) is 80.3 Å². The average Bonchev–Trinajstić information content (AvgIpc) is 2.37. The van der Waals surface area contributed by atoms with E-state index in [-0.39, 0.29) is 31.5 Å². The molecule has 0 fully saturated rings. The van der Waals surface area contributed by atoms with Gasteiger partial charge in [-0.05, 0) is 25.3 Å². The summed E-state index contributed by atoms with van der Waals surface area (Å²) in [6.45, 7) is 6.70. The van der Waals surface area contributed by atoms with Crippen molar-refractivity contribution in [3.63, 3.8) is 0 Å². The van der Waals surface area contributed by atoms with Gasteiger partial charge in [-0.15, -0.1) is 0 Å². The van der Waals surface area contributed by atoms with E-state index >= 15 is 0 Å². The Morgan fingerprint density at radius 3 is 1.48 bits per heavy atom. The Hall–Kier alpha value is -0.697. The van der Waals surface area contributed by atoms with E-state index in [1.165, 1.54) is 51.9 Å². The molecule has 0 saturated carbocycles. The molecule has 0 aliphatic heterocycles. The Morgan fingerprint density at radius 2 is 1.19 bits per heavy atom. The molecule has 0 heterocycles. The van der Waals surface area contributed by atoms with Crippen LogP contribution in [-0.4, -0.2) is 11.9 Å². The number of carbonyl (C=O) groups excluding carboxylic acids is 2. The predicted molar refractivity (Wildman–Crippen MR) is 76.7 cm³/mol. The molecule has 0 amide bonds. The summed E-state index contributed by atoms with van der Waals surface area (Å²) in [5, 5.41) is 19.6. The van der Waals surface area contributed by atoms with Crippen LogP contribution in [0.4, 0.5) is 0 Å². The summed E-state index contributed by atoms with van der Waals surface area (Å²) >= 11 is 0. The summed E-state index contributed by atoms with van der Waals surface area (Å²) in [5.41, 5.74) is 0.0648. The second-order valence-electron chi connectivity index (χ2n) is 5.02. The molecule has 0 aromatic heterocycles. The summed E-state index contributed by atoms with van der Waals surface area (Å²) in [4.78, 5) is 19.6. The fraction of sp³-hybridized carbons (Fsp3) is 0.750. The molecule has 0 aromatic rings. The molecule has 0 rings (SSSR count). The van der Waals surface area contributed by atoms with E-state index in [4.69, 9.17) is 0 Å². The first-order chi connectivity index (χ1) is 9.41. The average molecular weight is 350 g/mol. The number of aliphatic carboxylic acids is 2. The quantitative estimate of drug-likeness (QED) is 0.324. The zero-order chi connectivity index (χ0) is 15.8. The summed E-state index contributed by atoms with van der Waals surface area (Å²) in [6, 6.07) is 0. The zero-order valence-electron chi connectivity index (χ0n) is 13.6. The third-order valence-electron chi connectivity index (χ3n) is 2.83. The van der Waals surface area contributed by atoms with Gasteiger partial charge in [-0.25, -0.2) is 0 Å². The van der Waals surface area contributed by atoms with Gasteiger partial charge < -0.3 is 19.8 Å². The molecule has 5 heteroatoms. The number of carbonyl (C=O) groups is 2. The molecule has 0 aliphatic carbocycles. The Bertz CT molecular complexity index is 265. The largest absolute Gasteiger partial charge is 2.00 e. The predicted octanol–water partition coefficient (Wildman–Crippen LogP) is 1.97. The van der Waals surface area contributed by atoms with E-state index in [2.05, 4.69) is 13.5 Å². The van der Waals surface area contributed by atoms with E-state index in [1.54, 1.807) is 0 Å². The van der Waals surface area contributed by atoms with Crippen LogP contribution in [0.1, 0.15) is 78.1 Å². The van der Waals surface area contributed by atoms with Gasteiger partial charge in [0.1, 0.15) is 0 Å². The minimum Gasteiger partial charge on any atom is -0.550 e. The second kappa shape index (κ2) is 19.3. The van der Waals surface area contributed by atoms with Crippen molar-refractivity contribution in [1.29, 1.82) is 0 Å². The van der Waals surface area contributed by atoms with Crippen LogP contribution in [0.3, 0.4) is 0 Å². The van der Waals surface area contributed by atoms with E-state index in [1.807, 2.05) is 0 Å². The Balaban J connectivity index is -0.000000394. The number of unbranched alkanes of at least 4 members (excludes halogenated alkanes) is 8. The van der Waals surface area contributed by atoms with Gasteiger partial charge in [0.15, 0.2) is 0 Å². The van der Waals surface area contributed by atoms with Crippen molar-refractivity contribution in [3.05, 3.63) is 12.2 Å². The van der Waals surface area contributed by atoms with Crippen LogP contribution in [0.15, 0.2) is 12.2 Å². The summed E-state index contributed by atoms with van der Waals surface area (Å²) in [7, 11) is 0. The number of carboxylic acids is 2. The molecular formula is C16H28O4Zn. The molecule has 0 N–H and O–H groups in total. The van der Waals surface area contributed by atoms with Gasteiger partial charge in [-0.1, -0.05) is 64.9 Å². The zero-order valence-corrected chi connectivity index (χ0v) is 16.6. The maximum absolute atomic E-state index is 10.1. The van der Waals surface area contributed by atoms with Gasteiger partial charge in [0.2, 0.25) is 0 Å². The Morgan fingerprint density at radius 1 is 0.857 bits per heavy atom. The van der Waals surface area contributed by atoms with E-state index < -0.39 is 11.9 Å². The van der Waals surface area contributed by atoms with E-state index in [9.17, 15) is 19.8 Å². The molecule has 0 unspecified atom stereocenters. The SMILES string of the molecule is C=C(C)C(=O)[O-].CCCCCCCCCCCC(=O)[O-].[Zn+2]. The first kappa shape index (κ1) is 25.3. The van der Waals surface area contributed by atoms with Crippen LogP contribution in [-0.2, 0) is 29.1 Å². The molecule has 0 bridgehead atoms. The number of hydrogen-bond donors (Lipinski definition) is 0. The third-order valence-corrected chi connectivity index (χ3v) is 2.83. The van der Waals surface area contributed by atoms with Crippen molar-refractivity contribution in [3.8, 4) is 0 Å². The van der Waals surface area contributed by atoms with Crippen LogP contribution in [0.2, 0.25) is 0 Å². The molecule has 0 radical (unpaired) electrons. The van der Waals surface area contributed by atoms with Crippen molar-refractivity contribution in [2.45, 2.75) is 78.1 Å². The molecule has 21 heavy (non-hydrogen) atoms. The molecule has 4 nitrogen and oxygen atoms in total. The Labute approximate surface area is 141 Å². The van der Waals surface area contributed by atoms with Crippen molar-refractivity contribution in [2.24, 2.45) is 0 Å².